The minimum atomic E-state index is -4.72. The average molecular weight is 482 g/mol. The van der Waals surface area contributed by atoms with Gasteiger partial charge >= 0.3 is 6.18 Å². The number of halogens is 3. The van der Waals surface area contributed by atoms with Crippen LogP contribution in [-0.4, -0.2) is 43.8 Å². The van der Waals surface area contributed by atoms with Crippen LogP contribution in [0.5, 0.6) is 5.75 Å². The van der Waals surface area contributed by atoms with Crippen molar-refractivity contribution in [1.29, 1.82) is 0 Å². The van der Waals surface area contributed by atoms with Gasteiger partial charge in [0.1, 0.15) is 22.9 Å². The van der Waals surface area contributed by atoms with Crippen LogP contribution in [0.1, 0.15) is 11.1 Å². The topological polar surface area (TPSA) is 109 Å². The number of alkyl halides is 3. The molecule has 0 unspecified atom stereocenters. The van der Waals surface area contributed by atoms with E-state index in [0.717, 1.165) is 10.6 Å². The minimum absolute atomic E-state index is 0.0856. The van der Waals surface area contributed by atoms with E-state index in [1.165, 1.54) is 20.4 Å². The molecule has 0 aliphatic heterocycles. The summed E-state index contributed by atoms with van der Waals surface area (Å²) in [6.45, 7) is -0.169. The van der Waals surface area contributed by atoms with E-state index < -0.39 is 27.6 Å². The van der Waals surface area contributed by atoms with E-state index in [9.17, 15) is 21.6 Å². The Hall–Kier alpha value is -3.61. The van der Waals surface area contributed by atoms with Crippen LogP contribution in [0.15, 0.2) is 48.8 Å². The van der Waals surface area contributed by atoms with E-state index in [1.807, 2.05) is 0 Å². The van der Waals surface area contributed by atoms with E-state index in [1.54, 1.807) is 36.4 Å². The van der Waals surface area contributed by atoms with Crippen LogP contribution in [-0.2, 0) is 22.7 Å². The molecular weight excluding hydrogens is 461 g/mol. The number of rotatable bonds is 8. The van der Waals surface area contributed by atoms with Crippen molar-refractivity contribution in [2.75, 3.05) is 35.4 Å². The summed E-state index contributed by atoms with van der Waals surface area (Å²) in [7, 11) is -0.859. The summed E-state index contributed by atoms with van der Waals surface area (Å²) in [6, 6.07) is 9.90. The van der Waals surface area contributed by atoms with Crippen molar-refractivity contribution in [2.24, 2.45) is 0 Å². The van der Waals surface area contributed by atoms with Crippen molar-refractivity contribution >= 4 is 33.3 Å². The second kappa shape index (κ2) is 9.48. The first kappa shape index (κ1) is 24.0. The van der Waals surface area contributed by atoms with Crippen molar-refractivity contribution < 1.29 is 26.3 Å². The molecule has 176 valence electrons. The van der Waals surface area contributed by atoms with Crippen LogP contribution in [0.4, 0.5) is 36.4 Å². The fourth-order valence-corrected chi connectivity index (χ4v) is 3.32. The molecule has 13 heteroatoms. The van der Waals surface area contributed by atoms with Crippen LogP contribution >= 0.6 is 0 Å². The van der Waals surface area contributed by atoms with Crippen molar-refractivity contribution in [1.82, 2.24) is 15.0 Å². The molecular formula is C20H21F3N6O3S. The first-order valence-electron chi connectivity index (χ1n) is 9.46. The second-order valence-corrected chi connectivity index (χ2v) is 8.86. The number of hydrogen-bond donors (Lipinski definition) is 2. The van der Waals surface area contributed by atoms with Gasteiger partial charge in [0.05, 0.1) is 19.1 Å². The standard InChI is InChI=1S/C20H21F3N6O3S/c1-29(33(3,30)31)18-13(7-6-10-24-18)11-25-17-14(20(21,22)23)12-26-19(28-17)27-15-8-4-5-9-16(15)32-2/h4-10,12H,11H2,1-3H3,(H2,25,26,27,28). The van der Waals surface area contributed by atoms with Crippen LogP contribution in [0, 0.1) is 0 Å². The molecule has 3 rings (SSSR count). The largest absolute Gasteiger partial charge is 0.495 e. The Labute approximate surface area is 188 Å². The van der Waals surface area contributed by atoms with Gasteiger partial charge in [-0.25, -0.2) is 18.4 Å². The van der Waals surface area contributed by atoms with E-state index in [2.05, 4.69) is 25.6 Å². The number of pyridine rings is 1. The normalized spacial score (nSPS) is 11.7. The van der Waals surface area contributed by atoms with Gasteiger partial charge in [0.25, 0.3) is 0 Å². The maximum absolute atomic E-state index is 13.6. The number of methoxy groups -OCH3 is 1. The maximum atomic E-state index is 13.6. The maximum Gasteiger partial charge on any atom is 0.421 e. The number of ether oxygens (including phenoxy) is 1. The highest BCUT2D eigenvalue weighted by Gasteiger charge is 2.35. The summed E-state index contributed by atoms with van der Waals surface area (Å²) in [5.41, 5.74) is -0.249. The molecule has 0 radical (unpaired) electrons. The summed E-state index contributed by atoms with van der Waals surface area (Å²) in [5.74, 6) is -0.0248. The number of aromatic nitrogens is 3. The van der Waals surface area contributed by atoms with Gasteiger partial charge < -0.3 is 15.4 Å². The van der Waals surface area contributed by atoms with Gasteiger partial charge in [-0.3, -0.25) is 4.31 Å². The number of anilines is 4. The lowest BCUT2D eigenvalue weighted by molar-refractivity contribution is -0.137. The Morgan fingerprint density at radius 2 is 1.85 bits per heavy atom. The number of sulfonamides is 1. The van der Waals surface area contributed by atoms with Gasteiger partial charge in [0.2, 0.25) is 16.0 Å². The smallest absolute Gasteiger partial charge is 0.421 e. The fourth-order valence-electron chi connectivity index (χ4n) is 2.84. The first-order valence-corrected chi connectivity index (χ1v) is 11.3. The Bertz CT molecular complexity index is 1240. The molecule has 2 N–H and O–H groups in total. The molecule has 0 spiro atoms. The third-order valence-corrected chi connectivity index (χ3v) is 5.73. The van der Waals surface area contributed by atoms with E-state index in [4.69, 9.17) is 4.74 Å². The van der Waals surface area contributed by atoms with Crippen LogP contribution in [0.25, 0.3) is 0 Å². The van der Waals surface area contributed by atoms with Gasteiger partial charge in [-0.2, -0.15) is 18.2 Å². The van der Waals surface area contributed by atoms with Crippen LogP contribution in [0.3, 0.4) is 0 Å². The van der Waals surface area contributed by atoms with E-state index in [-0.39, 0.29) is 18.3 Å². The van der Waals surface area contributed by atoms with Crippen molar-refractivity contribution in [3.63, 3.8) is 0 Å². The monoisotopic (exact) mass is 482 g/mol. The van der Waals surface area contributed by atoms with Gasteiger partial charge in [0, 0.05) is 31.5 Å². The molecule has 2 aromatic heterocycles. The molecule has 3 aromatic rings. The zero-order valence-corrected chi connectivity index (χ0v) is 18.7. The van der Waals surface area contributed by atoms with Gasteiger partial charge in [-0.05, 0) is 18.2 Å². The van der Waals surface area contributed by atoms with Gasteiger partial charge in [-0.15, -0.1) is 0 Å². The molecule has 0 aliphatic rings. The van der Waals surface area contributed by atoms with Crippen molar-refractivity contribution in [2.45, 2.75) is 12.7 Å². The Morgan fingerprint density at radius 1 is 1.12 bits per heavy atom. The van der Waals surface area contributed by atoms with E-state index >= 15 is 0 Å². The summed E-state index contributed by atoms with van der Waals surface area (Å²) >= 11 is 0. The van der Waals surface area contributed by atoms with Crippen LogP contribution < -0.4 is 19.7 Å². The number of hydrogen-bond acceptors (Lipinski definition) is 8. The summed E-state index contributed by atoms with van der Waals surface area (Å²) in [5, 5.41) is 5.47. The molecule has 9 nitrogen and oxygen atoms in total. The minimum Gasteiger partial charge on any atom is -0.495 e. The molecule has 0 amide bonds. The lowest BCUT2D eigenvalue weighted by Crippen LogP contribution is -2.27. The highest BCUT2D eigenvalue weighted by molar-refractivity contribution is 7.92. The number of nitrogens with zero attached hydrogens (tertiary/aromatic N) is 4. The lowest BCUT2D eigenvalue weighted by atomic mass is 10.2. The molecule has 0 atom stereocenters. The number of nitrogens with one attached hydrogen (secondary N) is 2. The molecule has 33 heavy (non-hydrogen) atoms. The zero-order valence-electron chi connectivity index (χ0n) is 17.9. The first-order chi connectivity index (χ1) is 15.5. The van der Waals surface area contributed by atoms with Gasteiger partial charge in [0.15, 0.2) is 0 Å². The molecule has 0 aliphatic carbocycles. The second-order valence-electron chi connectivity index (χ2n) is 6.85. The number of benzene rings is 1. The quantitative estimate of drug-likeness (QED) is 0.501. The molecule has 2 heterocycles. The molecule has 0 saturated carbocycles. The SMILES string of the molecule is COc1ccccc1Nc1ncc(C(F)(F)F)c(NCc2cccnc2N(C)S(C)(=O)=O)n1. The molecule has 1 aromatic carbocycles. The predicted molar refractivity (Wildman–Crippen MR) is 118 cm³/mol. The number of para-hydroxylation sites is 2. The Morgan fingerprint density at radius 3 is 2.52 bits per heavy atom. The van der Waals surface area contributed by atoms with Crippen LogP contribution in [0.2, 0.25) is 0 Å². The molecule has 0 bridgehead atoms. The third-order valence-electron chi connectivity index (χ3n) is 4.56. The van der Waals surface area contributed by atoms with Gasteiger partial charge in [-0.1, -0.05) is 18.2 Å². The Balaban J connectivity index is 1.93. The zero-order chi connectivity index (χ0) is 24.2. The van der Waals surface area contributed by atoms with Crippen molar-refractivity contribution in [3.8, 4) is 5.75 Å². The Kier molecular flexibility index (Phi) is 6.91. The summed E-state index contributed by atoms with van der Waals surface area (Å²) in [4.78, 5) is 11.8. The fraction of sp³-hybridized carbons (Fsp3) is 0.250. The summed E-state index contributed by atoms with van der Waals surface area (Å²) < 4.78 is 70.6. The van der Waals surface area contributed by atoms with Crippen molar-refractivity contribution in [3.05, 3.63) is 59.9 Å². The third kappa shape index (κ3) is 5.80. The predicted octanol–water partition coefficient (Wildman–Crippen LogP) is 3.65. The van der Waals surface area contributed by atoms with E-state index in [0.29, 0.717) is 23.2 Å². The molecule has 0 saturated heterocycles. The summed E-state index contributed by atoms with van der Waals surface area (Å²) in [6.07, 6.45) is -1.66. The molecule has 0 fully saturated rings. The highest BCUT2D eigenvalue weighted by atomic mass is 32.2. The lowest BCUT2D eigenvalue weighted by Gasteiger charge is -2.20. The highest BCUT2D eigenvalue weighted by Crippen LogP contribution is 2.35. The average Bonchev–Trinajstić information content (AvgIpc) is 2.76.